The largest absolute Gasteiger partial charge is 0.416 e. The van der Waals surface area contributed by atoms with Gasteiger partial charge in [-0.15, -0.1) is 0 Å². The van der Waals surface area contributed by atoms with E-state index in [4.69, 9.17) is 11.6 Å². The molecule has 0 unspecified atom stereocenters. The van der Waals surface area contributed by atoms with Crippen LogP contribution >= 0.6 is 11.6 Å². The Labute approximate surface area is 227 Å². The first kappa shape index (κ1) is 28.8. The van der Waals surface area contributed by atoms with Crippen molar-refractivity contribution >= 4 is 23.2 Å². The number of alkyl halides is 6. The lowest BCUT2D eigenvalue weighted by Gasteiger charge is -2.34. The second-order valence-electron chi connectivity index (χ2n) is 9.58. The summed E-state index contributed by atoms with van der Waals surface area (Å²) in [5.41, 5.74) is -0.931. The first-order valence-corrected chi connectivity index (χ1v) is 12.5. The summed E-state index contributed by atoms with van der Waals surface area (Å²) in [5, 5.41) is 0.400. The molecule has 0 bridgehead atoms. The number of rotatable bonds is 5. The Kier molecular flexibility index (Phi) is 8.18. The van der Waals surface area contributed by atoms with Gasteiger partial charge in [-0.3, -0.25) is 4.79 Å². The quantitative estimate of drug-likeness (QED) is 0.308. The zero-order valence-corrected chi connectivity index (χ0v) is 22.0. The third-order valence-electron chi connectivity index (χ3n) is 6.68. The maximum absolute atomic E-state index is 13.6. The van der Waals surface area contributed by atoms with Gasteiger partial charge in [0.2, 0.25) is 0 Å². The van der Waals surface area contributed by atoms with Gasteiger partial charge in [0.15, 0.2) is 0 Å². The van der Waals surface area contributed by atoms with E-state index in [-0.39, 0.29) is 17.2 Å². The van der Waals surface area contributed by atoms with Crippen LogP contribution in [0.15, 0.2) is 60.7 Å². The molecule has 0 aliphatic carbocycles. The molecular formula is C28H26ClF6N3O. The van der Waals surface area contributed by atoms with Crippen LogP contribution in [0.5, 0.6) is 0 Å². The van der Waals surface area contributed by atoms with Gasteiger partial charge in [0.05, 0.1) is 11.1 Å². The standard InChI is InChI=1S/C28H26ClF6N3O/c1-36-9-11-38(12-10-36)21-7-8-23(24(16-21)22-5-3-4-6-25(22)29)26(39)37(2)17-18-13-19(27(30,31)32)15-20(14-18)28(33,34)35/h3-8,13-16H,9-12,17H2,1-2H3. The third-order valence-corrected chi connectivity index (χ3v) is 7.01. The van der Waals surface area contributed by atoms with Gasteiger partial charge in [0.25, 0.3) is 5.91 Å². The molecule has 1 amide bonds. The van der Waals surface area contributed by atoms with Gasteiger partial charge in [-0.2, -0.15) is 26.3 Å². The number of nitrogens with zero attached hydrogens (tertiary/aromatic N) is 3. The maximum atomic E-state index is 13.6. The summed E-state index contributed by atoms with van der Waals surface area (Å²) in [5.74, 6) is -0.569. The Bertz CT molecular complexity index is 1320. The molecule has 4 rings (SSSR count). The second-order valence-corrected chi connectivity index (χ2v) is 9.98. The molecule has 3 aromatic rings. The van der Waals surface area contributed by atoms with Gasteiger partial charge in [-0.05, 0) is 60.6 Å². The Hall–Kier alpha value is -3.24. The molecule has 0 spiro atoms. The molecule has 0 atom stereocenters. The average Bonchev–Trinajstić information content (AvgIpc) is 2.87. The SMILES string of the molecule is CN1CCN(c2ccc(C(=O)N(C)Cc3cc(C(F)(F)F)cc(C(F)(F)F)c3)c(-c3ccccc3Cl)c2)CC1. The molecule has 1 fully saturated rings. The lowest BCUT2D eigenvalue weighted by Crippen LogP contribution is -2.44. The monoisotopic (exact) mass is 569 g/mol. The number of hydrogen-bond donors (Lipinski definition) is 0. The van der Waals surface area contributed by atoms with Crippen LogP contribution in [0.25, 0.3) is 11.1 Å². The molecule has 1 aliphatic rings. The average molecular weight is 570 g/mol. The van der Waals surface area contributed by atoms with Crippen LogP contribution in [-0.4, -0.2) is 56.0 Å². The van der Waals surface area contributed by atoms with E-state index < -0.39 is 35.9 Å². The Morgan fingerprint density at radius 1 is 0.846 bits per heavy atom. The Balaban J connectivity index is 1.70. The third kappa shape index (κ3) is 6.67. The van der Waals surface area contributed by atoms with Gasteiger partial charge in [-0.1, -0.05) is 29.8 Å². The fourth-order valence-electron chi connectivity index (χ4n) is 4.54. The van der Waals surface area contributed by atoms with Gasteiger partial charge in [0.1, 0.15) is 0 Å². The lowest BCUT2D eigenvalue weighted by molar-refractivity contribution is -0.143. The molecule has 0 radical (unpaired) electrons. The van der Waals surface area contributed by atoms with E-state index in [2.05, 4.69) is 9.80 Å². The van der Waals surface area contributed by atoms with Crippen molar-refractivity contribution in [2.24, 2.45) is 0 Å². The van der Waals surface area contributed by atoms with E-state index in [1.165, 1.54) is 7.05 Å². The molecule has 1 saturated heterocycles. The highest BCUT2D eigenvalue weighted by Gasteiger charge is 2.37. The number of likely N-dealkylation sites (N-methyl/N-ethyl adjacent to an activating group) is 1. The van der Waals surface area contributed by atoms with Crippen molar-refractivity contribution < 1.29 is 31.1 Å². The molecule has 0 aromatic heterocycles. The summed E-state index contributed by atoms with van der Waals surface area (Å²) < 4.78 is 79.9. The molecule has 11 heteroatoms. The van der Waals surface area contributed by atoms with Crippen LogP contribution in [0.1, 0.15) is 27.0 Å². The summed E-state index contributed by atoms with van der Waals surface area (Å²) in [6.45, 7) is 2.82. The minimum absolute atomic E-state index is 0.0674. The summed E-state index contributed by atoms with van der Waals surface area (Å²) in [7, 11) is 3.37. The number of carbonyl (C=O) groups is 1. The van der Waals surface area contributed by atoms with E-state index in [9.17, 15) is 31.1 Å². The van der Waals surface area contributed by atoms with E-state index in [1.807, 2.05) is 13.1 Å². The minimum Gasteiger partial charge on any atom is -0.369 e. The highest BCUT2D eigenvalue weighted by molar-refractivity contribution is 6.33. The summed E-state index contributed by atoms with van der Waals surface area (Å²) in [6.07, 6.45) is -9.95. The van der Waals surface area contributed by atoms with Crippen molar-refractivity contribution in [3.63, 3.8) is 0 Å². The fraction of sp³-hybridized carbons (Fsp3) is 0.321. The molecule has 3 aromatic carbocycles. The number of anilines is 1. The van der Waals surface area contributed by atoms with Crippen LogP contribution in [0, 0.1) is 0 Å². The van der Waals surface area contributed by atoms with Crippen LogP contribution in [0.4, 0.5) is 32.0 Å². The van der Waals surface area contributed by atoms with E-state index in [0.717, 1.165) is 36.8 Å². The van der Waals surface area contributed by atoms with Crippen LogP contribution in [0.3, 0.4) is 0 Å². The van der Waals surface area contributed by atoms with Gasteiger partial charge >= 0.3 is 12.4 Å². The zero-order valence-electron chi connectivity index (χ0n) is 21.2. The van der Waals surface area contributed by atoms with Gasteiger partial charge in [0, 0.05) is 61.6 Å². The van der Waals surface area contributed by atoms with Gasteiger partial charge in [-0.25, -0.2) is 0 Å². The number of amides is 1. The van der Waals surface area contributed by atoms with Crippen molar-refractivity contribution in [3.8, 4) is 11.1 Å². The highest BCUT2D eigenvalue weighted by atomic mass is 35.5. The number of hydrogen-bond acceptors (Lipinski definition) is 3. The smallest absolute Gasteiger partial charge is 0.369 e. The number of halogens is 7. The minimum atomic E-state index is -4.98. The topological polar surface area (TPSA) is 26.8 Å². The van der Waals surface area contributed by atoms with Crippen LogP contribution in [-0.2, 0) is 18.9 Å². The number of piperazine rings is 1. The van der Waals surface area contributed by atoms with E-state index in [1.54, 1.807) is 36.4 Å². The fourth-order valence-corrected chi connectivity index (χ4v) is 4.78. The van der Waals surface area contributed by atoms with Crippen LogP contribution < -0.4 is 4.90 Å². The zero-order chi connectivity index (χ0) is 28.5. The predicted octanol–water partition coefficient (Wildman–Crippen LogP) is 7.07. The van der Waals surface area contributed by atoms with Crippen molar-refractivity contribution in [2.75, 3.05) is 45.2 Å². The Morgan fingerprint density at radius 2 is 1.44 bits per heavy atom. The molecule has 0 N–H and O–H groups in total. The molecule has 39 heavy (non-hydrogen) atoms. The number of carbonyl (C=O) groups excluding carboxylic acids is 1. The second kappa shape index (κ2) is 11.1. The molecule has 208 valence electrons. The van der Waals surface area contributed by atoms with Crippen molar-refractivity contribution in [1.82, 2.24) is 9.80 Å². The first-order chi connectivity index (χ1) is 18.2. The summed E-state index contributed by atoms with van der Waals surface area (Å²) in [6, 6.07) is 13.5. The van der Waals surface area contributed by atoms with Crippen molar-refractivity contribution in [1.29, 1.82) is 0 Å². The Morgan fingerprint density at radius 3 is 2.00 bits per heavy atom. The predicted molar refractivity (Wildman–Crippen MR) is 139 cm³/mol. The van der Waals surface area contributed by atoms with Crippen molar-refractivity contribution in [3.05, 3.63) is 87.9 Å². The van der Waals surface area contributed by atoms with Crippen LogP contribution in [0.2, 0.25) is 5.02 Å². The molecule has 4 nitrogen and oxygen atoms in total. The maximum Gasteiger partial charge on any atom is 0.416 e. The summed E-state index contributed by atoms with van der Waals surface area (Å²) in [4.78, 5) is 19.0. The van der Waals surface area contributed by atoms with E-state index >= 15 is 0 Å². The first-order valence-electron chi connectivity index (χ1n) is 12.1. The highest BCUT2D eigenvalue weighted by Crippen LogP contribution is 2.37. The normalized spacial score (nSPS) is 14.9. The van der Waals surface area contributed by atoms with Crippen molar-refractivity contribution in [2.45, 2.75) is 18.9 Å². The molecular weight excluding hydrogens is 544 g/mol. The molecule has 0 saturated carbocycles. The molecule has 1 aliphatic heterocycles. The summed E-state index contributed by atoms with van der Waals surface area (Å²) >= 11 is 6.46. The van der Waals surface area contributed by atoms with E-state index in [0.29, 0.717) is 28.3 Å². The number of benzene rings is 3. The molecule has 1 heterocycles. The lowest BCUT2D eigenvalue weighted by atomic mass is 9.97. The van der Waals surface area contributed by atoms with Gasteiger partial charge < -0.3 is 14.7 Å².